The predicted molar refractivity (Wildman–Crippen MR) is 96.1 cm³/mol. The van der Waals surface area contributed by atoms with Crippen LogP contribution < -0.4 is 5.32 Å². The first-order valence-electron chi connectivity index (χ1n) is 8.34. The van der Waals surface area contributed by atoms with Gasteiger partial charge in [0.25, 0.3) is 5.91 Å². The van der Waals surface area contributed by atoms with Crippen LogP contribution in [0.25, 0.3) is 0 Å². The molecule has 3 nitrogen and oxygen atoms in total. The number of amides is 1. The Morgan fingerprint density at radius 1 is 1.17 bits per heavy atom. The standard InChI is InChI=1S/C19H26N2OS/c1-3-16(2)12-20-13-19(22)21(15-18-10-7-11-23-18)14-17-8-5-4-6-9-17/h4-11,16,20H,3,12-15H2,1-2H3/p+1/t16-/m1/s1. The summed E-state index contributed by atoms with van der Waals surface area (Å²) in [6, 6.07) is 14.4. The first-order chi connectivity index (χ1) is 11.2. The Morgan fingerprint density at radius 3 is 2.61 bits per heavy atom. The molecule has 0 spiro atoms. The number of hydrogen-bond acceptors (Lipinski definition) is 2. The minimum Gasteiger partial charge on any atom is -0.338 e. The Hall–Kier alpha value is -1.65. The van der Waals surface area contributed by atoms with E-state index in [4.69, 9.17) is 0 Å². The van der Waals surface area contributed by atoms with Gasteiger partial charge in [0, 0.05) is 17.3 Å². The van der Waals surface area contributed by atoms with Gasteiger partial charge in [-0.1, -0.05) is 50.2 Å². The fourth-order valence-corrected chi connectivity index (χ4v) is 3.13. The maximum atomic E-state index is 12.6. The van der Waals surface area contributed by atoms with E-state index in [1.807, 2.05) is 29.2 Å². The van der Waals surface area contributed by atoms with Gasteiger partial charge in [-0.15, -0.1) is 11.3 Å². The van der Waals surface area contributed by atoms with Gasteiger partial charge in [0.05, 0.1) is 13.1 Å². The number of hydrogen-bond donors (Lipinski definition) is 1. The van der Waals surface area contributed by atoms with Gasteiger partial charge in [-0.3, -0.25) is 4.79 Å². The lowest BCUT2D eigenvalue weighted by molar-refractivity contribution is -0.650. The van der Waals surface area contributed by atoms with Crippen molar-refractivity contribution in [1.82, 2.24) is 4.90 Å². The zero-order chi connectivity index (χ0) is 16.5. The summed E-state index contributed by atoms with van der Waals surface area (Å²) in [7, 11) is 0. The van der Waals surface area contributed by atoms with Gasteiger partial charge in [0.1, 0.15) is 0 Å². The second-order valence-corrected chi connectivity index (χ2v) is 7.09. The van der Waals surface area contributed by atoms with Crippen molar-refractivity contribution in [2.24, 2.45) is 5.92 Å². The van der Waals surface area contributed by atoms with Crippen LogP contribution in [0.4, 0.5) is 0 Å². The number of carbonyl (C=O) groups excluding carboxylic acids is 1. The van der Waals surface area contributed by atoms with E-state index in [-0.39, 0.29) is 5.91 Å². The molecule has 1 aromatic heterocycles. The van der Waals surface area contributed by atoms with Crippen LogP contribution in [-0.2, 0) is 17.9 Å². The monoisotopic (exact) mass is 331 g/mol. The van der Waals surface area contributed by atoms with Crippen molar-refractivity contribution in [3.63, 3.8) is 0 Å². The lowest BCUT2D eigenvalue weighted by atomic mass is 10.1. The number of thiophene rings is 1. The van der Waals surface area contributed by atoms with Crippen LogP contribution in [0.5, 0.6) is 0 Å². The Labute approximate surface area is 143 Å². The SMILES string of the molecule is CC[C@@H](C)C[NH2+]CC(=O)N(Cc1ccccc1)Cc1cccs1. The minimum absolute atomic E-state index is 0.213. The fourth-order valence-electron chi connectivity index (χ4n) is 2.41. The molecule has 2 rings (SSSR count). The molecular weight excluding hydrogens is 304 g/mol. The molecule has 0 saturated carbocycles. The Balaban J connectivity index is 1.96. The second-order valence-electron chi connectivity index (χ2n) is 6.06. The van der Waals surface area contributed by atoms with Crippen molar-refractivity contribution in [3.8, 4) is 0 Å². The zero-order valence-corrected chi connectivity index (χ0v) is 14.9. The summed E-state index contributed by atoms with van der Waals surface area (Å²) in [5, 5.41) is 4.21. The van der Waals surface area contributed by atoms with E-state index in [2.05, 4.69) is 42.7 Å². The molecule has 0 aliphatic heterocycles. The third kappa shape index (κ3) is 6.16. The van der Waals surface area contributed by atoms with Gasteiger partial charge in [0.15, 0.2) is 6.54 Å². The van der Waals surface area contributed by atoms with Crippen LogP contribution in [0.15, 0.2) is 47.8 Å². The first-order valence-corrected chi connectivity index (χ1v) is 9.22. The zero-order valence-electron chi connectivity index (χ0n) is 14.1. The van der Waals surface area contributed by atoms with Gasteiger partial charge >= 0.3 is 0 Å². The summed E-state index contributed by atoms with van der Waals surface area (Å²) >= 11 is 1.71. The molecule has 1 heterocycles. The number of quaternary nitrogens is 1. The Morgan fingerprint density at radius 2 is 1.96 bits per heavy atom. The fraction of sp³-hybridized carbons (Fsp3) is 0.421. The van der Waals surface area contributed by atoms with Crippen molar-refractivity contribution in [3.05, 3.63) is 58.3 Å². The molecule has 0 saturated heterocycles. The summed E-state index contributed by atoms with van der Waals surface area (Å²) in [4.78, 5) is 15.8. The summed E-state index contributed by atoms with van der Waals surface area (Å²) < 4.78 is 0. The third-order valence-corrected chi connectivity index (χ3v) is 4.94. The minimum atomic E-state index is 0.213. The maximum Gasteiger partial charge on any atom is 0.278 e. The number of nitrogens with zero attached hydrogens (tertiary/aromatic N) is 1. The first kappa shape index (κ1) is 17.7. The normalized spacial score (nSPS) is 12.1. The largest absolute Gasteiger partial charge is 0.338 e. The molecule has 1 aromatic carbocycles. The van der Waals surface area contributed by atoms with Gasteiger partial charge < -0.3 is 10.2 Å². The highest BCUT2D eigenvalue weighted by Gasteiger charge is 2.17. The summed E-state index contributed by atoms with van der Waals surface area (Å²) in [6.45, 7) is 7.34. The van der Waals surface area contributed by atoms with Crippen molar-refractivity contribution in [2.75, 3.05) is 13.1 Å². The highest BCUT2D eigenvalue weighted by atomic mass is 32.1. The van der Waals surface area contributed by atoms with Gasteiger partial charge in [0.2, 0.25) is 0 Å². The topological polar surface area (TPSA) is 36.9 Å². The van der Waals surface area contributed by atoms with Gasteiger partial charge in [-0.05, 0) is 23.4 Å². The van der Waals surface area contributed by atoms with Crippen LogP contribution in [0.2, 0.25) is 0 Å². The molecule has 0 aliphatic rings. The van der Waals surface area contributed by atoms with Crippen LogP contribution >= 0.6 is 11.3 Å². The van der Waals surface area contributed by atoms with Gasteiger partial charge in [-0.2, -0.15) is 0 Å². The molecule has 0 aliphatic carbocycles. The van der Waals surface area contributed by atoms with Crippen LogP contribution in [0.3, 0.4) is 0 Å². The van der Waals surface area contributed by atoms with E-state index in [0.29, 0.717) is 25.6 Å². The van der Waals surface area contributed by atoms with Crippen molar-refractivity contribution in [2.45, 2.75) is 33.4 Å². The molecule has 0 bridgehead atoms. The number of nitrogens with two attached hydrogens (primary N) is 1. The molecule has 0 radical (unpaired) electrons. The van der Waals surface area contributed by atoms with Crippen LogP contribution in [0, 0.1) is 5.92 Å². The molecule has 4 heteroatoms. The van der Waals surface area contributed by atoms with Crippen molar-refractivity contribution >= 4 is 17.2 Å². The Bertz CT molecular complexity index is 568. The summed E-state index contributed by atoms with van der Waals surface area (Å²) in [5.41, 5.74) is 1.18. The molecule has 1 atom stereocenters. The molecule has 0 unspecified atom stereocenters. The average molecular weight is 332 g/mol. The third-order valence-electron chi connectivity index (χ3n) is 4.08. The molecule has 124 valence electrons. The van der Waals surface area contributed by atoms with E-state index < -0.39 is 0 Å². The van der Waals surface area contributed by atoms with E-state index in [1.165, 1.54) is 10.4 Å². The molecule has 1 amide bonds. The average Bonchev–Trinajstić information content (AvgIpc) is 3.08. The van der Waals surface area contributed by atoms with Crippen LogP contribution in [-0.4, -0.2) is 23.9 Å². The van der Waals surface area contributed by atoms with Crippen LogP contribution in [0.1, 0.15) is 30.7 Å². The van der Waals surface area contributed by atoms with E-state index in [9.17, 15) is 4.79 Å². The van der Waals surface area contributed by atoms with E-state index >= 15 is 0 Å². The quantitative estimate of drug-likeness (QED) is 0.754. The highest BCUT2D eigenvalue weighted by Crippen LogP contribution is 2.14. The number of benzene rings is 1. The van der Waals surface area contributed by atoms with E-state index in [0.717, 1.165) is 13.0 Å². The van der Waals surface area contributed by atoms with Gasteiger partial charge in [-0.25, -0.2) is 0 Å². The van der Waals surface area contributed by atoms with E-state index in [1.54, 1.807) is 11.3 Å². The lowest BCUT2D eigenvalue weighted by Gasteiger charge is -2.22. The van der Waals surface area contributed by atoms with Crippen molar-refractivity contribution in [1.29, 1.82) is 0 Å². The lowest BCUT2D eigenvalue weighted by Crippen LogP contribution is -2.87. The highest BCUT2D eigenvalue weighted by molar-refractivity contribution is 7.09. The maximum absolute atomic E-state index is 12.6. The second kappa shape index (κ2) is 9.48. The smallest absolute Gasteiger partial charge is 0.278 e. The molecular formula is C19H27N2OS+. The number of carbonyl (C=O) groups is 1. The molecule has 0 fully saturated rings. The number of rotatable bonds is 9. The predicted octanol–water partition coefficient (Wildman–Crippen LogP) is 2.89. The molecule has 23 heavy (non-hydrogen) atoms. The summed E-state index contributed by atoms with van der Waals surface area (Å²) in [6.07, 6.45) is 1.16. The Kier molecular flexibility index (Phi) is 7.30. The summed E-state index contributed by atoms with van der Waals surface area (Å²) in [5.74, 6) is 0.869. The molecule has 2 aromatic rings. The van der Waals surface area contributed by atoms with Crippen molar-refractivity contribution < 1.29 is 10.1 Å². The molecule has 2 N–H and O–H groups in total.